The van der Waals surface area contributed by atoms with Crippen LogP contribution in [0, 0.1) is 5.92 Å². The first-order valence-electron chi connectivity index (χ1n) is 8.49. The van der Waals surface area contributed by atoms with Crippen LogP contribution in [-0.2, 0) is 0 Å². The minimum atomic E-state index is 0.451. The van der Waals surface area contributed by atoms with Crippen LogP contribution in [0.15, 0.2) is 54.5 Å². The van der Waals surface area contributed by atoms with Crippen LogP contribution < -0.4 is 0 Å². The maximum Gasteiger partial charge on any atom is 0.259 e. The molecule has 2 heteroatoms. The second-order valence-electron chi connectivity index (χ2n) is 6.99. The van der Waals surface area contributed by atoms with E-state index in [1.807, 2.05) is 0 Å². The Balaban J connectivity index is 2.05. The number of hydrogen-bond donors (Lipinski definition) is 0. The molecule has 0 bridgehead atoms. The average molecular weight is 291 g/mol. The molecule has 0 fully saturated rings. The van der Waals surface area contributed by atoms with Gasteiger partial charge in [0.15, 0.2) is 0 Å². The van der Waals surface area contributed by atoms with Crippen molar-refractivity contribution in [2.45, 2.75) is 45.6 Å². The minimum Gasteiger partial charge on any atom is -0.334 e. The van der Waals surface area contributed by atoms with Gasteiger partial charge in [0.2, 0.25) is 0 Å². The Morgan fingerprint density at radius 1 is 0.955 bits per heavy atom. The van der Waals surface area contributed by atoms with Crippen molar-refractivity contribution in [3.63, 3.8) is 0 Å². The molecule has 0 radical (unpaired) electrons. The number of benzene rings is 1. The molecular weight excluding hydrogens is 265 g/mol. The third-order valence-corrected chi connectivity index (χ3v) is 4.93. The fourth-order valence-electron chi connectivity index (χ4n) is 4.17. The van der Waals surface area contributed by atoms with Crippen LogP contribution in [0.2, 0.25) is 0 Å². The predicted octanol–water partition coefficient (Wildman–Crippen LogP) is 4.73. The summed E-state index contributed by atoms with van der Waals surface area (Å²) < 4.78 is 0. The summed E-state index contributed by atoms with van der Waals surface area (Å²) in [6.07, 6.45) is 11.4. The first-order chi connectivity index (χ1) is 10.6. The van der Waals surface area contributed by atoms with Gasteiger partial charge in [-0.1, -0.05) is 88.3 Å². The number of nitrogens with zero attached hydrogens (tertiary/aromatic N) is 1. The number of rotatable bonds is 4. The van der Waals surface area contributed by atoms with Crippen molar-refractivity contribution in [1.82, 2.24) is 4.81 Å². The Bertz CT molecular complexity index is 592. The molecule has 1 aliphatic heterocycles. The van der Waals surface area contributed by atoms with E-state index in [0.29, 0.717) is 30.7 Å². The summed E-state index contributed by atoms with van der Waals surface area (Å²) in [6.45, 7) is 9.70. The summed E-state index contributed by atoms with van der Waals surface area (Å²) in [5, 5.41) is 0. The van der Waals surface area contributed by atoms with Gasteiger partial charge in [-0.2, -0.15) is 0 Å². The van der Waals surface area contributed by atoms with Gasteiger partial charge < -0.3 is 4.81 Å². The molecule has 0 spiro atoms. The summed E-state index contributed by atoms with van der Waals surface area (Å²) in [4.78, 5) is 2.65. The Hall–Kier alpha value is -1.54. The van der Waals surface area contributed by atoms with E-state index < -0.39 is 0 Å². The van der Waals surface area contributed by atoms with Crippen LogP contribution in [-0.4, -0.2) is 23.7 Å². The fraction of sp³-hybridized carbons (Fsp3) is 0.400. The number of fused-ring (bicyclic) bond motifs is 1. The maximum absolute atomic E-state index is 2.65. The molecule has 1 unspecified atom stereocenters. The molecule has 2 aliphatic rings. The molecule has 3 rings (SSSR count). The molecule has 0 amide bonds. The van der Waals surface area contributed by atoms with E-state index in [0.717, 1.165) is 0 Å². The van der Waals surface area contributed by atoms with Gasteiger partial charge in [0, 0.05) is 0 Å². The monoisotopic (exact) mass is 291 g/mol. The summed E-state index contributed by atoms with van der Waals surface area (Å²) in [7, 11) is 0. The van der Waals surface area contributed by atoms with Crippen LogP contribution >= 0.6 is 0 Å². The third kappa shape index (κ3) is 2.72. The SMILES string of the molecule is CC(C)N(B1C=Cc2ccccc2C1C1C=CC=C1)C(C)C. The molecular formula is C20H26BN. The normalized spacial score (nSPS) is 20.7. The molecule has 114 valence electrons. The largest absolute Gasteiger partial charge is 0.334 e. The molecule has 1 nitrogen and oxygen atoms in total. The third-order valence-electron chi connectivity index (χ3n) is 4.93. The molecule has 1 aromatic rings. The van der Waals surface area contributed by atoms with Gasteiger partial charge >= 0.3 is 0 Å². The highest BCUT2D eigenvalue weighted by molar-refractivity contribution is 6.64. The highest BCUT2D eigenvalue weighted by atomic mass is 15.1. The predicted molar refractivity (Wildman–Crippen MR) is 97.9 cm³/mol. The van der Waals surface area contributed by atoms with Crippen LogP contribution in [0.25, 0.3) is 6.08 Å². The smallest absolute Gasteiger partial charge is 0.259 e. The molecule has 0 N–H and O–H groups in total. The van der Waals surface area contributed by atoms with Gasteiger partial charge in [-0.05, 0) is 34.9 Å². The zero-order valence-corrected chi connectivity index (χ0v) is 14.1. The second-order valence-corrected chi connectivity index (χ2v) is 6.99. The lowest BCUT2D eigenvalue weighted by atomic mass is 9.41. The molecule has 1 heterocycles. The zero-order valence-electron chi connectivity index (χ0n) is 14.1. The van der Waals surface area contributed by atoms with E-state index in [2.05, 4.69) is 93.1 Å². The lowest BCUT2D eigenvalue weighted by Crippen LogP contribution is -2.52. The van der Waals surface area contributed by atoms with Crippen LogP contribution in [0.4, 0.5) is 0 Å². The quantitative estimate of drug-likeness (QED) is 0.725. The summed E-state index contributed by atoms with van der Waals surface area (Å²) in [5.41, 5.74) is 2.87. The Kier molecular flexibility index (Phi) is 4.40. The van der Waals surface area contributed by atoms with Gasteiger partial charge in [-0.25, -0.2) is 0 Å². The lowest BCUT2D eigenvalue weighted by Gasteiger charge is -2.42. The van der Waals surface area contributed by atoms with Gasteiger partial charge in [0.25, 0.3) is 6.85 Å². The van der Waals surface area contributed by atoms with E-state index in [-0.39, 0.29) is 0 Å². The lowest BCUT2D eigenvalue weighted by molar-refractivity contribution is 0.299. The average Bonchev–Trinajstić information content (AvgIpc) is 3.00. The summed E-state index contributed by atoms with van der Waals surface area (Å²) in [5.74, 6) is 3.42. The van der Waals surface area contributed by atoms with E-state index in [9.17, 15) is 0 Å². The molecule has 1 aromatic carbocycles. The van der Waals surface area contributed by atoms with E-state index in [1.165, 1.54) is 11.1 Å². The zero-order chi connectivity index (χ0) is 15.7. The van der Waals surface area contributed by atoms with Crippen molar-refractivity contribution in [3.8, 4) is 0 Å². The molecule has 0 saturated carbocycles. The van der Waals surface area contributed by atoms with Gasteiger partial charge in [0.05, 0.1) is 0 Å². The maximum atomic E-state index is 2.65. The van der Waals surface area contributed by atoms with E-state index in [4.69, 9.17) is 0 Å². The fourth-order valence-corrected chi connectivity index (χ4v) is 4.17. The van der Waals surface area contributed by atoms with Crippen LogP contribution in [0.3, 0.4) is 0 Å². The van der Waals surface area contributed by atoms with Gasteiger partial charge in [0.1, 0.15) is 0 Å². The van der Waals surface area contributed by atoms with Gasteiger partial charge in [-0.3, -0.25) is 0 Å². The number of hydrogen-bond acceptors (Lipinski definition) is 1. The molecule has 0 aromatic heterocycles. The summed E-state index contributed by atoms with van der Waals surface area (Å²) in [6, 6.07) is 9.96. The van der Waals surface area contributed by atoms with Crippen LogP contribution in [0.5, 0.6) is 0 Å². The van der Waals surface area contributed by atoms with Gasteiger partial charge in [-0.15, -0.1) is 0 Å². The molecule has 1 atom stereocenters. The van der Waals surface area contributed by atoms with Crippen molar-refractivity contribution in [1.29, 1.82) is 0 Å². The first kappa shape index (κ1) is 15.4. The van der Waals surface area contributed by atoms with Crippen molar-refractivity contribution >= 4 is 12.9 Å². The first-order valence-corrected chi connectivity index (χ1v) is 8.49. The topological polar surface area (TPSA) is 3.24 Å². The Morgan fingerprint density at radius 3 is 2.23 bits per heavy atom. The highest BCUT2D eigenvalue weighted by Crippen LogP contribution is 2.39. The molecule has 1 aliphatic carbocycles. The van der Waals surface area contributed by atoms with Crippen molar-refractivity contribution in [3.05, 3.63) is 65.7 Å². The summed E-state index contributed by atoms with van der Waals surface area (Å²) >= 11 is 0. The second kappa shape index (κ2) is 6.30. The Morgan fingerprint density at radius 2 is 1.59 bits per heavy atom. The van der Waals surface area contributed by atoms with Crippen molar-refractivity contribution in [2.24, 2.45) is 5.92 Å². The van der Waals surface area contributed by atoms with E-state index >= 15 is 0 Å². The minimum absolute atomic E-state index is 0.451. The molecule has 0 saturated heterocycles. The van der Waals surface area contributed by atoms with Crippen molar-refractivity contribution < 1.29 is 0 Å². The molecule has 22 heavy (non-hydrogen) atoms. The highest BCUT2D eigenvalue weighted by Gasteiger charge is 2.39. The standard InChI is InChI=1S/C20H26BN/c1-15(2)22(16(3)4)21-14-13-17-9-7-8-12-19(17)20(21)18-10-5-6-11-18/h5-16,18,20H,1-4H3. The number of allylic oxidation sites excluding steroid dienone is 4. The van der Waals surface area contributed by atoms with Crippen LogP contribution in [0.1, 0.15) is 44.6 Å². The van der Waals surface area contributed by atoms with E-state index in [1.54, 1.807) is 0 Å². The van der Waals surface area contributed by atoms with Crippen molar-refractivity contribution in [2.75, 3.05) is 0 Å². The Labute approximate surface area is 135 Å².